The van der Waals surface area contributed by atoms with Gasteiger partial charge in [0.25, 0.3) is 11.6 Å². The van der Waals surface area contributed by atoms with E-state index in [9.17, 15) is 14.9 Å². The van der Waals surface area contributed by atoms with Crippen LogP contribution in [0.2, 0.25) is 0 Å². The summed E-state index contributed by atoms with van der Waals surface area (Å²) in [6, 6.07) is 4.44. The fourth-order valence-electron chi connectivity index (χ4n) is 2.45. The van der Waals surface area contributed by atoms with Gasteiger partial charge in [-0.2, -0.15) is 0 Å². The van der Waals surface area contributed by atoms with E-state index >= 15 is 0 Å². The second-order valence-corrected chi connectivity index (χ2v) is 5.22. The second kappa shape index (κ2) is 7.95. The Morgan fingerprint density at radius 1 is 1.48 bits per heavy atom. The van der Waals surface area contributed by atoms with Crippen molar-refractivity contribution < 1.29 is 9.72 Å². The first-order valence-electron chi connectivity index (χ1n) is 6.81. The predicted molar refractivity (Wildman–Crippen MR) is 83.0 cm³/mol. The molecule has 0 radical (unpaired) electrons. The van der Waals surface area contributed by atoms with Crippen molar-refractivity contribution in [1.82, 2.24) is 10.6 Å². The summed E-state index contributed by atoms with van der Waals surface area (Å²) < 4.78 is 0. The lowest BCUT2D eigenvalue weighted by Crippen LogP contribution is -2.26. The van der Waals surface area contributed by atoms with E-state index in [2.05, 4.69) is 10.6 Å². The molecule has 1 heterocycles. The van der Waals surface area contributed by atoms with Gasteiger partial charge in [0, 0.05) is 24.2 Å². The van der Waals surface area contributed by atoms with Crippen molar-refractivity contribution in [3.63, 3.8) is 0 Å². The summed E-state index contributed by atoms with van der Waals surface area (Å²) in [5.41, 5.74) is 1.01. The molecule has 0 aliphatic carbocycles. The number of hydrogen-bond acceptors (Lipinski definition) is 4. The lowest BCUT2D eigenvalue weighted by atomic mass is 10.0. The molecule has 0 spiro atoms. The first kappa shape index (κ1) is 17.4. The maximum Gasteiger partial charge on any atom is 0.270 e. The van der Waals surface area contributed by atoms with Gasteiger partial charge in [0.1, 0.15) is 0 Å². The highest BCUT2D eigenvalue weighted by atomic mass is 35.5. The molecule has 0 aromatic heterocycles. The average molecular weight is 314 g/mol. The molecule has 1 aliphatic heterocycles. The fourth-order valence-corrected chi connectivity index (χ4v) is 2.45. The topological polar surface area (TPSA) is 84.3 Å². The molecule has 1 atom stereocenters. The summed E-state index contributed by atoms with van der Waals surface area (Å²) in [4.78, 5) is 22.3. The van der Waals surface area contributed by atoms with Crippen molar-refractivity contribution in [2.24, 2.45) is 5.92 Å². The van der Waals surface area contributed by atoms with E-state index in [0.29, 0.717) is 23.6 Å². The molecule has 1 aliphatic rings. The van der Waals surface area contributed by atoms with Gasteiger partial charge < -0.3 is 10.6 Å². The Labute approximate surface area is 129 Å². The lowest BCUT2D eigenvalue weighted by molar-refractivity contribution is -0.384. The summed E-state index contributed by atoms with van der Waals surface area (Å²) in [6.45, 7) is 4.40. The maximum atomic E-state index is 12.0. The normalized spacial score (nSPS) is 17.1. The Morgan fingerprint density at radius 2 is 2.24 bits per heavy atom. The smallest absolute Gasteiger partial charge is 0.270 e. The van der Waals surface area contributed by atoms with Crippen molar-refractivity contribution in [3.05, 3.63) is 39.4 Å². The Morgan fingerprint density at radius 3 is 2.86 bits per heavy atom. The standard InChI is InChI=1S/C14H19N3O3.ClH/c1-10-6-12(8-13(7-10)17(19)20)14(18)16-5-3-11-2-4-15-9-11;/h6-8,11,15H,2-5,9H2,1H3,(H,16,18);1H. The van der Waals surface area contributed by atoms with Crippen molar-refractivity contribution in [1.29, 1.82) is 0 Å². The minimum absolute atomic E-state index is 0. The second-order valence-electron chi connectivity index (χ2n) is 5.22. The summed E-state index contributed by atoms with van der Waals surface area (Å²) in [5.74, 6) is 0.366. The minimum atomic E-state index is -0.478. The monoisotopic (exact) mass is 313 g/mol. The molecular weight excluding hydrogens is 294 g/mol. The molecule has 2 rings (SSSR count). The van der Waals surface area contributed by atoms with Crippen LogP contribution < -0.4 is 10.6 Å². The zero-order valence-electron chi connectivity index (χ0n) is 11.9. The number of carbonyl (C=O) groups is 1. The number of nitrogens with zero attached hydrogens (tertiary/aromatic N) is 1. The molecule has 116 valence electrons. The summed E-state index contributed by atoms with van der Waals surface area (Å²) in [6.07, 6.45) is 2.08. The van der Waals surface area contributed by atoms with Gasteiger partial charge in [0.05, 0.1) is 4.92 Å². The van der Waals surface area contributed by atoms with Crippen LogP contribution in [0.4, 0.5) is 5.69 Å². The third kappa shape index (κ3) is 4.99. The van der Waals surface area contributed by atoms with E-state index in [1.54, 1.807) is 13.0 Å². The molecule has 6 nitrogen and oxygen atoms in total. The predicted octanol–water partition coefficient (Wildman–Crippen LogP) is 2.05. The summed E-state index contributed by atoms with van der Waals surface area (Å²) in [7, 11) is 0. The number of nitro benzene ring substituents is 1. The third-order valence-corrected chi connectivity index (χ3v) is 3.54. The Bertz CT molecular complexity index is 516. The molecule has 7 heteroatoms. The molecular formula is C14H20ClN3O3. The lowest BCUT2D eigenvalue weighted by Gasteiger charge is -2.09. The van der Waals surface area contributed by atoms with Gasteiger partial charge in [-0.05, 0) is 50.4 Å². The Kier molecular flexibility index (Phi) is 6.58. The molecule has 1 amide bonds. The average Bonchev–Trinajstić information content (AvgIpc) is 2.91. The van der Waals surface area contributed by atoms with Gasteiger partial charge in [0.15, 0.2) is 0 Å². The van der Waals surface area contributed by atoms with Gasteiger partial charge >= 0.3 is 0 Å². The highest BCUT2D eigenvalue weighted by Crippen LogP contribution is 2.17. The van der Waals surface area contributed by atoms with E-state index in [1.165, 1.54) is 12.1 Å². The molecule has 1 aromatic carbocycles. The van der Waals surface area contributed by atoms with Crippen molar-refractivity contribution in [2.75, 3.05) is 19.6 Å². The van der Waals surface area contributed by atoms with Gasteiger partial charge in [-0.1, -0.05) is 0 Å². The molecule has 1 fully saturated rings. The van der Waals surface area contributed by atoms with Crippen molar-refractivity contribution in [2.45, 2.75) is 19.8 Å². The number of non-ortho nitro benzene ring substituents is 1. The number of aryl methyl sites for hydroxylation is 1. The summed E-state index contributed by atoms with van der Waals surface area (Å²) in [5, 5.41) is 16.9. The van der Waals surface area contributed by atoms with Gasteiger partial charge in [-0.3, -0.25) is 14.9 Å². The van der Waals surface area contributed by atoms with Crippen LogP contribution in [0.5, 0.6) is 0 Å². The van der Waals surface area contributed by atoms with E-state index in [1.807, 2.05) is 0 Å². The van der Waals surface area contributed by atoms with Gasteiger partial charge in [-0.25, -0.2) is 0 Å². The SMILES string of the molecule is Cc1cc(C(=O)NCCC2CCNC2)cc([N+](=O)[O-])c1.Cl. The number of halogens is 1. The van der Waals surface area contributed by atoms with E-state index < -0.39 is 4.92 Å². The van der Waals surface area contributed by atoms with Crippen LogP contribution in [-0.2, 0) is 0 Å². The van der Waals surface area contributed by atoms with Crippen LogP contribution in [-0.4, -0.2) is 30.5 Å². The largest absolute Gasteiger partial charge is 0.352 e. The van der Waals surface area contributed by atoms with Crippen LogP contribution in [0, 0.1) is 23.0 Å². The molecule has 1 unspecified atom stereocenters. The number of nitro groups is 1. The molecule has 21 heavy (non-hydrogen) atoms. The highest BCUT2D eigenvalue weighted by molar-refractivity contribution is 5.95. The third-order valence-electron chi connectivity index (χ3n) is 3.54. The van der Waals surface area contributed by atoms with Crippen molar-refractivity contribution >= 4 is 24.0 Å². The fraction of sp³-hybridized carbons (Fsp3) is 0.500. The van der Waals surface area contributed by atoms with Crippen LogP contribution >= 0.6 is 12.4 Å². The molecule has 2 N–H and O–H groups in total. The first-order chi connectivity index (χ1) is 9.56. The van der Waals surface area contributed by atoms with Crippen molar-refractivity contribution in [3.8, 4) is 0 Å². The highest BCUT2D eigenvalue weighted by Gasteiger charge is 2.16. The van der Waals surface area contributed by atoms with Gasteiger partial charge in [-0.15, -0.1) is 12.4 Å². The molecule has 0 saturated carbocycles. The number of hydrogen-bond donors (Lipinski definition) is 2. The zero-order valence-corrected chi connectivity index (χ0v) is 12.7. The van der Waals surface area contributed by atoms with Crippen LogP contribution in [0.1, 0.15) is 28.8 Å². The van der Waals surface area contributed by atoms with Crippen LogP contribution in [0.15, 0.2) is 18.2 Å². The number of amides is 1. The Hall–Kier alpha value is -1.66. The molecule has 1 aromatic rings. The number of benzene rings is 1. The Balaban J connectivity index is 0.00000220. The molecule has 1 saturated heterocycles. The maximum absolute atomic E-state index is 12.0. The quantitative estimate of drug-likeness (QED) is 0.643. The van der Waals surface area contributed by atoms with Crippen LogP contribution in [0.25, 0.3) is 0 Å². The minimum Gasteiger partial charge on any atom is -0.352 e. The first-order valence-corrected chi connectivity index (χ1v) is 6.81. The summed E-state index contributed by atoms with van der Waals surface area (Å²) >= 11 is 0. The van der Waals surface area contributed by atoms with E-state index in [4.69, 9.17) is 0 Å². The zero-order chi connectivity index (χ0) is 14.5. The molecule has 0 bridgehead atoms. The number of rotatable bonds is 5. The number of carbonyl (C=O) groups excluding carboxylic acids is 1. The van der Waals surface area contributed by atoms with Crippen LogP contribution in [0.3, 0.4) is 0 Å². The van der Waals surface area contributed by atoms with E-state index in [-0.39, 0.29) is 24.0 Å². The van der Waals surface area contributed by atoms with Gasteiger partial charge in [0.2, 0.25) is 0 Å². The number of nitrogens with one attached hydrogen (secondary N) is 2. The van der Waals surface area contributed by atoms with E-state index in [0.717, 1.165) is 25.9 Å².